The molecule has 0 radical (unpaired) electrons. The third-order valence-corrected chi connectivity index (χ3v) is 3.57. The van der Waals surface area contributed by atoms with Crippen LogP contribution in [0.3, 0.4) is 0 Å². The van der Waals surface area contributed by atoms with E-state index in [9.17, 15) is 0 Å². The van der Waals surface area contributed by atoms with E-state index in [1.165, 1.54) is 5.56 Å². The molecule has 0 aliphatic carbocycles. The highest BCUT2D eigenvalue weighted by molar-refractivity contribution is 6.30. The molecule has 0 unspecified atom stereocenters. The van der Waals surface area contributed by atoms with Crippen LogP contribution in [0.15, 0.2) is 18.5 Å². The van der Waals surface area contributed by atoms with Crippen LogP contribution in [0.25, 0.3) is 0 Å². The van der Waals surface area contributed by atoms with E-state index in [0.717, 1.165) is 35.6 Å². The average molecular weight is 291 g/mol. The van der Waals surface area contributed by atoms with Gasteiger partial charge in [0.1, 0.15) is 16.8 Å². The number of rotatable bonds is 5. The highest BCUT2D eigenvalue weighted by Crippen LogP contribution is 2.21. The first kappa shape index (κ1) is 14.7. The fraction of sp³-hybridized carbons (Fsp3) is 0.400. The van der Waals surface area contributed by atoms with Crippen LogP contribution in [-0.4, -0.2) is 15.0 Å². The van der Waals surface area contributed by atoms with E-state index < -0.39 is 0 Å². The number of aryl methyl sites for hydroxylation is 2. The molecule has 4 nitrogen and oxygen atoms in total. The standard InChI is InChI=1S/C15H19ClN4/c1-4-5-13-19-14(16)11(3)15(20-13)18-9-12-8-17-7-6-10(12)2/h6-8H,4-5,9H2,1-3H3,(H,18,19,20). The predicted octanol–water partition coefficient (Wildman–Crippen LogP) is 3.71. The second-order valence-electron chi connectivity index (χ2n) is 4.81. The lowest BCUT2D eigenvalue weighted by molar-refractivity contribution is 0.829. The number of hydrogen-bond acceptors (Lipinski definition) is 4. The zero-order valence-electron chi connectivity index (χ0n) is 12.1. The number of nitrogens with zero attached hydrogens (tertiary/aromatic N) is 3. The van der Waals surface area contributed by atoms with Gasteiger partial charge in [-0.3, -0.25) is 4.98 Å². The Hall–Kier alpha value is -1.68. The number of nitrogens with one attached hydrogen (secondary N) is 1. The molecule has 2 aromatic rings. The number of halogens is 1. The molecule has 2 aromatic heterocycles. The predicted molar refractivity (Wildman–Crippen MR) is 82.1 cm³/mol. The summed E-state index contributed by atoms with van der Waals surface area (Å²) in [4.78, 5) is 13.0. The molecule has 5 heteroatoms. The Bertz CT molecular complexity index is 598. The van der Waals surface area contributed by atoms with Crippen molar-refractivity contribution in [2.75, 3.05) is 5.32 Å². The van der Waals surface area contributed by atoms with Crippen molar-refractivity contribution < 1.29 is 0 Å². The maximum Gasteiger partial charge on any atom is 0.137 e. The van der Waals surface area contributed by atoms with E-state index in [1.807, 2.05) is 19.2 Å². The maximum atomic E-state index is 6.16. The van der Waals surface area contributed by atoms with E-state index in [4.69, 9.17) is 11.6 Å². The Morgan fingerprint density at radius 2 is 2.05 bits per heavy atom. The first-order valence-corrected chi connectivity index (χ1v) is 7.16. The van der Waals surface area contributed by atoms with Gasteiger partial charge in [-0.1, -0.05) is 18.5 Å². The molecule has 0 bridgehead atoms. The first-order valence-electron chi connectivity index (χ1n) is 6.78. The molecule has 0 saturated heterocycles. The van der Waals surface area contributed by atoms with Gasteiger partial charge in [-0.25, -0.2) is 9.97 Å². The largest absolute Gasteiger partial charge is 0.366 e. The number of hydrogen-bond donors (Lipinski definition) is 1. The summed E-state index contributed by atoms with van der Waals surface area (Å²) in [5.74, 6) is 1.59. The quantitative estimate of drug-likeness (QED) is 0.853. The van der Waals surface area contributed by atoms with E-state index in [-0.39, 0.29) is 0 Å². The van der Waals surface area contributed by atoms with Crippen LogP contribution >= 0.6 is 11.6 Å². The van der Waals surface area contributed by atoms with Crippen molar-refractivity contribution in [3.63, 3.8) is 0 Å². The fourth-order valence-corrected chi connectivity index (χ4v) is 2.09. The van der Waals surface area contributed by atoms with Gasteiger partial charge >= 0.3 is 0 Å². The van der Waals surface area contributed by atoms with Crippen molar-refractivity contribution in [1.29, 1.82) is 0 Å². The summed E-state index contributed by atoms with van der Waals surface area (Å²) in [5, 5.41) is 3.86. The lowest BCUT2D eigenvalue weighted by Gasteiger charge is -2.12. The summed E-state index contributed by atoms with van der Waals surface area (Å²) in [6.07, 6.45) is 5.50. The Kier molecular flexibility index (Phi) is 4.90. The van der Waals surface area contributed by atoms with E-state index in [1.54, 1.807) is 6.20 Å². The molecule has 0 aromatic carbocycles. The van der Waals surface area contributed by atoms with Gasteiger partial charge in [0.05, 0.1) is 0 Å². The smallest absolute Gasteiger partial charge is 0.137 e. The summed E-state index contributed by atoms with van der Waals surface area (Å²) < 4.78 is 0. The summed E-state index contributed by atoms with van der Waals surface area (Å²) >= 11 is 6.16. The van der Waals surface area contributed by atoms with E-state index in [0.29, 0.717) is 11.7 Å². The van der Waals surface area contributed by atoms with Crippen molar-refractivity contribution in [1.82, 2.24) is 15.0 Å². The zero-order valence-corrected chi connectivity index (χ0v) is 12.8. The van der Waals surface area contributed by atoms with Crippen LogP contribution in [0, 0.1) is 13.8 Å². The fourth-order valence-electron chi connectivity index (χ4n) is 1.90. The molecule has 0 saturated carbocycles. The van der Waals surface area contributed by atoms with Crippen LogP contribution in [0.4, 0.5) is 5.82 Å². The zero-order chi connectivity index (χ0) is 14.5. The van der Waals surface area contributed by atoms with Gasteiger partial charge in [0.25, 0.3) is 0 Å². The van der Waals surface area contributed by atoms with E-state index in [2.05, 4.69) is 34.1 Å². The van der Waals surface area contributed by atoms with Gasteiger partial charge in [0.2, 0.25) is 0 Å². The molecule has 2 rings (SSSR count). The molecule has 0 atom stereocenters. The van der Waals surface area contributed by atoms with E-state index >= 15 is 0 Å². The van der Waals surface area contributed by atoms with Crippen molar-refractivity contribution in [3.8, 4) is 0 Å². The molecular formula is C15H19ClN4. The summed E-state index contributed by atoms with van der Waals surface area (Å²) in [6.45, 7) is 6.78. The molecule has 0 fully saturated rings. The minimum atomic E-state index is 0.522. The molecular weight excluding hydrogens is 272 g/mol. The molecule has 0 aliphatic rings. The summed E-state index contributed by atoms with van der Waals surface area (Å²) in [7, 11) is 0. The molecule has 2 heterocycles. The van der Waals surface area contributed by atoms with Crippen molar-refractivity contribution in [3.05, 3.63) is 46.1 Å². The van der Waals surface area contributed by atoms with Gasteiger partial charge in [0, 0.05) is 30.9 Å². The van der Waals surface area contributed by atoms with Gasteiger partial charge in [0.15, 0.2) is 0 Å². The number of aromatic nitrogens is 3. The lowest BCUT2D eigenvalue weighted by atomic mass is 10.1. The third-order valence-electron chi connectivity index (χ3n) is 3.20. The average Bonchev–Trinajstić information content (AvgIpc) is 2.43. The Morgan fingerprint density at radius 1 is 1.25 bits per heavy atom. The SMILES string of the molecule is CCCc1nc(Cl)c(C)c(NCc2cnccc2C)n1. The first-order chi connectivity index (χ1) is 9.61. The highest BCUT2D eigenvalue weighted by Gasteiger charge is 2.09. The second-order valence-corrected chi connectivity index (χ2v) is 5.17. The number of pyridine rings is 1. The van der Waals surface area contributed by atoms with Crippen LogP contribution < -0.4 is 5.32 Å². The summed E-state index contributed by atoms with van der Waals surface area (Å²) in [6, 6.07) is 2.00. The molecule has 0 spiro atoms. The summed E-state index contributed by atoms with van der Waals surface area (Å²) in [5.41, 5.74) is 3.24. The molecule has 106 valence electrons. The van der Waals surface area contributed by atoms with Gasteiger partial charge in [-0.15, -0.1) is 0 Å². The normalized spacial score (nSPS) is 10.6. The van der Waals surface area contributed by atoms with Gasteiger partial charge in [-0.2, -0.15) is 0 Å². The molecule has 0 amide bonds. The maximum absolute atomic E-state index is 6.16. The van der Waals surface area contributed by atoms with Gasteiger partial charge in [-0.05, 0) is 37.5 Å². The molecule has 0 aliphatic heterocycles. The minimum Gasteiger partial charge on any atom is -0.366 e. The Labute approximate surface area is 124 Å². The van der Waals surface area contributed by atoms with Gasteiger partial charge < -0.3 is 5.32 Å². The monoisotopic (exact) mass is 290 g/mol. The molecule has 20 heavy (non-hydrogen) atoms. The topological polar surface area (TPSA) is 50.7 Å². The molecule has 1 N–H and O–H groups in total. The van der Waals surface area contributed by atoms with Crippen LogP contribution in [0.1, 0.15) is 35.9 Å². The Morgan fingerprint density at radius 3 is 2.75 bits per heavy atom. The second kappa shape index (κ2) is 6.66. The van der Waals surface area contributed by atoms with Crippen molar-refractivity contribution >= 4 is 17.4 Å². The van der Waals surface area contributed by atoms with Crippen LogP contribution in [-0.2, 0) is 13.0 Å². The third kappa shape index (κ3) is 3.45. The Balaban J connectivity index is 2.18. The lowest BCUT2D eigenvalue weighted by Crippen LogP contribution is -2.08. The highest BCUT2D eigenvalue weighted by atomic mass is 35.5. The number of anilines is 1. The minimum absolute atomic E-state index is 0.522. The van der Waals surface area contributed by atoms with Crippen molar-refractivity contribution in [2.45, 2.75) is 40.2 Å². The van der Waals surface area contributed by atoms with Crippen LogP contribution in [0.2, 0.25) is 5.15 Å². The van der Waals surface area contributed by atoms with Crippen molar-refractivity contribution in [2.24, 2.45) is 0 Å². The van der Waals surface area contributed by atoms with Crippen LogP contribution in [0.5, 0.6) is 0 Å².